The Hall–Kier alpha value is -2.33. The lowest BCUT2D eigenvalue weighted by atomic mass is 9.98. The van der Waals surface area contributed by atoms with Crippen molar-refractivity contribution in [2.45, 2.75) is 18.4 Å². The van der Waals surface area contributed by atoms with Crippen LogP contribution in [0, 0.1) is 0 Å². The summed E-state index contributed by atoms with van der Waals surface area (Å²) < 4.78 is 10.7. The molecule has 23 heavy (non-hydrogen) atoms. The molecule has 0 unspecified atom stereocenters. The van der Waals surface area contributed by atoms with Crippen molar-refractivity contribution in [3.8, 4) is 11.1 Å². The van der Waals surface area contributed by atoms with E-state index < -0.39 is 0 Å². The molecule has 1 saturated heterocycles. The summed E-state index contributed by atoms with van der Waals surface area (Å²) in [5.74, 6) is 0.105. The predicted molar refractivity (Wildman–Crippen MR) is 87.4 cm³/mol. The van der Waals surface area contributed by atoms with Crippen LogP contribution in [-0.2, 0) is 9.47 Å². The van der Waals surface area contributed by atoms with Crippen molar-refractivity contribution >= 4 is 6.09 Å². The number of hydrogen-bond donors (Lipinski definition) is 1. The summed E-state index contributed by atoms with van der Waals surface area (Å²) in [6, 6.07) is 16.6. The number of fused-ring (bicyclic) bond motifs is 3. The van der Waals surface area contributed by atoms with Crippen molar-refractivity contribution in [2.75, 3.05) is 19.8 Å². The van der Waals surface area contributed by atoms with Gasteiger partial charge in [-0.15, -0.1) is 0 Å². The second-order valence-electron chi connectivity index (χ2n) is 5.99. The molecule has 1 atom stereocenters. The first-order chi connectivity index (χ1) is 11.3. The van der Waals surface area contributed by atoms with Gasteiger partial charge in [-0.3, -0.25) is 0 Å². The summed E-state index contributed by atoms with van der Waals surface area (Å²) in [6.07, 6.45) is 0.779. The number of benzene rings is 2. The van der Waals surface area contributed by atoms with E-state index in [2.05, 4.69) is 29.6 Å². The Bertz CT molecular complexity index is 679. The van der Waals surface area contributed by atoms with Gasteiger partial charge in [0.25, 0.3) is 0 Å². The van der Waals surface area contributed by atoms with Crippen molar-refractivity contribution < 1.29 is 14.3 Å². The van der Waals surface area contributed by atoms with E-state index in [0.29, 0.717) is 13.2 Å². The van der Waals surface area contributed by atoms with Gasteiger partial charge in [0.2, 0.25) is 0 Å². The summed E-state index contributed by atoms with van der Waals surface area (Å²) in [5, 5.41) is 2.77. The van der Waals surface area contributed by atoms with Crippen LogP contribution in [0.3, 0.4) is 0 Å². The molecule has 0 spiro atoms. The highest BCUT2D eigenvalue weighted by Crippen LogP contribution is 2.44. The highest BCUT2D eigenvalue weighted by atomic mass is 16.5. The summed E-state index contributed by atoms with van der Waals surface area (Å²) >= 11 is 0. The average molecular weight is 309 g/mol. The van der Waals surface area contributed by atoms with Crippen LogP contribution in [0.1, 0.15) is 23.5 Å². The lowest BCUT2D eigenvalue weighted by Gasteiger charge is -2.26. The second-order valence-corrected chi connectivity index (χ2v) is 5.99. The zero-order valence-electron chi connectivity index (χ0n) is 12.8. The normalized spacial score (nSPS) is 18.7. The quantitative estimate of drug-likeness (QED) is 0.942. The van der Waals surface area contributed by atoms with Crippen LogP contribution in [0.5, 0.6) is 0 Å². The molecule has 118 valence electrons. The molecule has 1 amide bonds. The zero-order valence-corrected chi connectivity index (χ0v) is 12.8. The molecule has 2 aliphatic rings. The Morgan fingerprint density at radius 3 is 2.26 bits per heavy atom. The Morgan fingerprint density at radius 1 is 1.09 bits per heavy atom. The first-order valence-corrected chi connectivity index (χ1v) is 8.03. The van der Waals surface area contributed by atoms with Gasteiger partial charge < -0.3 is 14.8 Å². The van der Waals surface area contributed by atoms with Gasteiger partial charge in [-0.05, 0) is 28.7 Å². The van der Waals surface area contributed by atoms with Gasteiger partial charge in [0.05, 0.1) is 6.10 Å². The maximum absolute atomic E-state index is 11.9. The molecule has 0 saturated carbocycles. The summed E-state index contributed by atoms with van der Waals surface area (Å²) in [5.41, 5.74) is 4.92. The second kappa shape index (κ2) is 6.05. The summed E-state index contributed by atoms with van der Waals surface area (Å²) in [6.45, 7) is 1.67. The third-order valence-corrected chi connectivity index (χ3v) is 4.61. The van der Waals surface area contributed by atoms with Crippen molar-refractivity contribution in [1.29, 1.82) is 0 Å². The highest BCUT2D eigenvalue weighted by Gasteiger charge is 2.29. The third kappa shape index (κ3) is 2.70. The fourth-order valence-electron chi connectivity index (χ4n) is 3.29. The molecular formula is C19H19NO3. The number of carbonyl (C=O) groups excluding carboxylic acids is 1. The maximum atomic E-state index is 11.9. The van der Waals surface area contributed by atoms with E-state index in [0.717, 1.165) is 13.0 Å². The summed E-state index contributed by atoms with van der Waals surface area (Å²) in [7, 11) is 0. The molecule has 1 aliphatic heterocycles. The molecule has 4 nitrogen and oxygen atoms in total. The van der Waals surface area contributed by atoms with E-state index in [-0.39, 0.29) is 18.1 Å². The minimum absolute atomic E-state index is 0.105. The Morgan fingerprint density at radius 2 is 1.70 bits per heavy atom. The molecule has 2 aromatic carbocycles. The van der Waals surface area contributed by atoms with Crippen LogP contribution in [0.25, 0.3) is 11.1 Å². The molecule has 1 heterocycles. The fourth-order valence-corrected chi connectivity index (χ4v) is 3.29. The van der Waals surface area contributed by atoms with E-state index in [4.69, 9.17) is 9.47 Å². The number of ether oxygens (including phenoxy) is 2. The number of hydrogen-bond acceptors (Lipinski definition) is 3. The monoisotopic (exact) mass is 309 g/mol. The van der Waals surface area contributed by atoms with Crippen LogP contribution >= 0.6 is 0 Å². The molecule has 4 rings (SSSR count). The molecule has 1 fully saturated rings. The Balaban J connectivity index is 1.45. The lowest BCUT2D eigenvalue weighted by molar-refractivity contribution is -0.0479. The van der Waals surface area contributed by atoms with Crippen LogP contribution < -0.4 is 5.32 Å². The predicted octanol–water partition coefficient (Wildman–Crippen LogP) is 3.31. The van der Waals surface area contributed by atoms with Crippen LogP contribution in [0.2, 0.25) is 0 Å². The van der Waals surface area contributed by atoms with Gasteiger partial charge in [0.15, 0.2) is 0 Å². The molecule has 1 N–H and O–H groups in total. The van der Waals surface area contributed by atoms with Gasteiger partial charge in [0.1, 0.15) is 6.61 Å². The number of carbonyl (C=O) groups is 1. The third-order valence-electron chi connectivity index (χ3n) is 4.61. The fraction of sp³-hybridized carbons (Fsp3) is 0.316. The lowest BCUT2D eigenvalue weighted by Crippen LogP contribution is -2.40. The number of nitrogens with one attached hydrogen (secondary N) is 1. The molecule has 4 heteroatoms. The SMILES string of the molecule is O=C(NC[C@H]1CCO1)OCC1c2ccccc2-c2ccccc21. The van der Waals surface area contributed by atoms with Gasteiger partial charge in [-0.1, -0.05) is 48.5 Å². The molecule has 0 bridgehead atoms. The van der Waals surface area contributed by atoms with Crippen molar-refractivity contribution in [3.63, 3.8) is 0 Å². The Kier molecular flexibility index (Phi) is 3.75. The van der Waals surface area contributed by atoms with Gasteiger partial charge >= 0.3 is 6.09 Å². The van der Waals surface area contributed by atoms with E-state index >= 15 is 0 Å². The van der Waals surface area contributed by atoms with Gasteiger partial charge in [0, 0.05) is 19.1 Å². The highest BCUT2D eigenvalue weighted by molar-refractivity contribution is 5.79. The van der Waals surface area contributed by atoms with E-state index in [1.54, 1.807) is 0 Å². The average Bonchev–Trinajstić information content (AvgIpc) is 2.86. The standard InChI is InChI=1S/C19H19NO3/c21-19(20-11-13-9-10-22-13)23-12-18-16-7-3-1-5-14(16)15-6-2-4-8-17(15)18/h1-8,13,18H,9-12H2,(H,20,21)/t13-/m1/s1. The largest absolute Gasteiger partial charge is 0.449 e. The molecule has 0 aromatic heterocycles. The van der Waals surface area contributed by atoms with Crippen LogP contribution in [0.15, 0.2) is 48.5 Å². The van der Waals surface area contributed by atoms with E-state index in [1.165, 1.54) is 22.3 Å². The van der Waals surface area contributed by atoms with Crippen molar-refractivity contribution in [3.05, 3.63) is 59.7 Å². The minimum atomic E-state index is -0.373. The van der Waals surface area contributed by atoms with Gasteiger partial charge in [-0.25, -0.2) is 4.79 Å². The zero-order chi connectivity index (χ0) is 15.6. The summed E-state index contributed by atoms with van der Waals surface area (Å²) in [4.78, 5) is 11.9. The van der Waals surface area contributed by atoms with Crippen LogP contribution in [-0.4, -0.2) is 32.0 Å². The molecular weight excluding hydrogens is 290 g/mol. The topological polar surface area (TPSA) is 47.6 Å². The maximum Gasteiger partial charge on any atom is 0.407 e. The first kappa shape index (κ1) is 14.3. The minimum Gasteiger partial charge on any atom is -0.449 e. The van der Waals surface area contributed by atoms with Crippen LogP contribution in [0.4, 0.5) is 4.79 Å². The first-order valence-electron chi connectivity index (χ1n) is 8.03. The smallest absolute Gasteiger partial charge is 0.407 e. The van der Waals surface area contributed by atoms with Crippen molar-refractivity contribution in [1.82, 2.24) is 5.32 Å². The molecule has 0 radical (unpaired) electrons. The van der Waals surface area contributed by atoms with E-state index in [1.807, 2.05) is 24.3 Å². The van der Waals surface area contributed by atoms with E-state index in [9.17, 15) is 4.79 Å². The number of rotatable bonds is 4. The Labute approximate surface area is 135 Å². The van der Waals surface area contributed by atoms with Crippen molar-refractivity contribution in [2.24, 2.45) is 0 Å². The van der Waals surface area contributed by atoms with Gasteiger partial charge in [-0.2, -0.15) is 0 Å². The number of amides is 1. The number of alkyl carbamates (subject to hydrolysis) is 1. The molecule has 1 aliphatic carbocycles. The molecule has 2 aromatic rings.